The van der Waals surface area contributed by atoms with E-state index < -0.39 is 5.97 Å². The monoisotopic (exact) mass is 228 g/mol. The topological polar surface area (TPSA) is 57.5 Å². The first-order valence-electron chi connectivity index (χ1n) is 2.72. The van der Waals surface area contributed by atoms with Crippen molar-refractivity contribution in [3.63, 3.8) is 0 Å². The molecule has 0 spiro atoms. The van der Waals surface area contributed by atoms with Crippen LogP contribution in [0.25, 0.3) is 0 Å². The Morgan fingerprint density at radius 1 is 1.18 bits per heavy atom. The van der Waals surface area contributed by atoms with Crippen LogP contribution in [0.3, 0.4) is 0 Å². The molecular formula is C7H6O3Zr. The van der Waals surface area contributed by atoms with Gasteiger partial charge in [-0.1, -0.05) is 0 Å². The van der Waals surface area contributed by atoms with Crippen molar-refractivity contribution in [3.8, 4) is 5.75 Å². The van der Waals surface area contributed by atoms with Crippen molar-refractivity contribution in [2.24, 2.45) is 0 Å². The van der Waals surface area contributed by atoms with Gasteiger partial charge in [0.15, 0.2) is 0 Å². The van der Waals surface area contributed by atoms with Crippen LogP contribution < -0.4 is 0 Å². The predicted octanol–water partition coefficient (Wildman–Crippen LogP) is 1.09. The second-order valence-electron chi connectivity index (χ2n) is 1.85. The standard InChI is InChI=1S/C7H6O3.Zr/c8-6-3-1-5(2-4-6)7(9)10;/h1-4,8H,(H,9,10);. The second kappa shape index (κ2) is 4.29. The van der Waals surface area contributed by atoms with E-state index in [4.69, 9.17) is 10.2 Å². The third-order valence-corrected chi connectivity index (χ3v) is 1.11. The van der Waals surface area contributed by atoms with E-state index in [1.807, 2.05) is 0 Å². The number of carbonyl (C=O) groups is 1. The Balaban J connectivity index is 0.000001000. The molecule has 1 rings (SSSR count). The third-order valence-electron chi connectivity index (χ3n) is 1.11. The van der Waals surface area contributed by atoms with Gasteiger partial charge in [0.25, 0.3) is 0 Å². The number of benzene rings is 1. The smallest absolute Gasteiger partial charge is 0.335 e. The SMILES string of the molecule is O=C(O)c1ccc(O)cc1.[Zr]. The maximum atomic E-state index is 10.2. The van der Waals surface area contributed by atoms with Gasteiger partial charge in [0, 0.05) is 26.2 Å². The number of carboxylic acid groups (broad SMARTS) is 1. The van der Waals surface area contributed by atoms with Gasteiger partial charge >= 0.3 is 5.97 Å². The van der Waals surface area contributed by atoms with Gasteiger partial charge in [-0.15, -0.1) is 0 Å². The Kier molecular flexibility index (Phi) is 4.05. The summed E-state index contributed by atoms with van der Waals surface area (Å²) in [4.78, 5) is 10.2. The number of aromatic hydroxyl groups is 1. The average Bonchev–Trinajstić information content (AvgIpc) is 1.88. The van der Waals surface area contributed by atoms with Crippen LogP contribution in [-0.2, 0) is 26.2 Å². The van der Waals surface area contributed by atoms with Gasteiger partial charge < -0.3 is 10.2 Å². The van der Waals surface area contributed by atoms with Crippen LogP contribution in [0.1, 0.15) is 10.4 Å². The Hall–Kier alpha value is -0.627. The van der Waals surface area contributed by atoms with Gasteiger partial charge in [-0.3, -0.25) is 0 Å². The molecule has 11 heavy (non-hydrogen) atoms. The van der Waals surface area contributed by atoms with E-state index in [-0.39, 0.29) is 37.5 Å². The first-order chi connectivity index (χ1) is 4.70. The van der Waals surface area contributed by atoms with Crippen molar-refractivity contribution in [3.05, 3.63) is 29.8 Å². The number of carboxylic acids is 1. The number of aromatic carboxylic acids is 1. The molecule has 0 heterocycles. The largest absolute Gasteiger partial charge is 0.508 e. The number of phenols is 1. The quantitative estimate of drug-likeness (QED) is 0.758. The zero-order valence-corrected chi connectivity index (χ0v) is 8.07. The average molecular weight is 229 g/mol. The summed E-state index contributed by atoms with van der Waals surface area (Å²) in [6.07, 6.45) is 0. The molecule has 0 fully saturated rings. The van der Waals surface area contributed by atoms with Crippen molar-refractivity contribution >= 4 is 5.97 Å². The zero-order valence-electron chi connectivity index (χ0n) is 5.61. The van der Waals surface area contributed by atoms with Crippen LogP contribution in [0.2, 0.25) is 0 Å². The Morgan fingerprint density at radius 2 is 1.64 bits per heavy atom. The zero-order chi connectivity index (χ0) is 7.56. The van der Waals surface area contributed by atoms with E-state index in [1.165, 1.54) is 24.3 Å². The minimum absolute atomic E-state index is 0. The maximum absolute atomic E-state index is 10.2. The fourth-order valence-electron chi connectivity index (χ4n) is 0.604. The van der Waals surface area contributed by atoms with Crippen LogP contribution in [0.15, 0.2) is 24.3 Å². The molecule has 56 valence electrons. The molecule has 0 aliphatic heterocycles. The molecule has 2 N–H and O–H groups in total. The number of hydrogen-bond donors (Lipinski definition) is 2. The van der Waals surface area contributed by atoms with E-state index in [1.54, 1.807) is 0 Å². The first kappa shape index (κ1) is 10.4. The fourth-order valence-corrected chi connectivity index (χ4v) is 0.604. The normalized spacial score (nSPS) is 8.36. The summed E-state index contributed by atoms with van der Waals surface area (Å²) in [7, 11) is 0. The summed E-state index contributed by atoms with van der Waals surface area (Å²) < 4.78 is 0. The third kappa shape index (κ3) is 2.85. The van der Waals surface area contributed by atoms with Crippen LogP contribution in [-0.4, -0.2) is 16.2 Å². The molecule has 0 saturated heterocycles. The van der Waals surface area contributed by atoms with Gasteiger partial charge in [-0.05, 0) is 24.3 Å². The minimum Gasteiger partial charge on any atom is -0.508 e. The van der Waals surface area contributed by atoms with Crippen molar-refractivity contribution in [1.82, 2.24) is 0 Å². The van der Waals surface area contributed by atoms with E-state index in [2.05, 4.69) is 0 Å². The van der Waals surface area contributed by atoms with Gasteiger partial charge in [-0.2, -0.15) is 0 Å². The van der Waals surface area contributed by atoms with E-state index in [9.17, 15) is 4.79 Å². The minimum atomic E-state index is -0.986. The second-order valence-corrected chi connectivity index (χ2v) is 1.85. The predicted molar refractivity (Wildman–Crippen MR) is 35.1 cm³/mol. The van der Waals surface area contributed by atoms with Crippen LogP contribution in [0.5, 0.6) is 5.75 Å². The van der Waals surface area contributed by atoms with Gasteiger partial charge in [0.1, 0.15) is 5.75 Å². The molecule has 4 heteroatoms. The summed E-state index contributed by atoms with van der Waals surface area (Å²) >= 11 is 0. The van der Waals surface area contributed by atoms with E-state index >= 15 is 0 Å². The molecule has 0 unspecified atom stereocenters. The first-order valence-corrected chi connectivity index (χ1v) is 2.72. The number of hydrogen-bond acceptors (Lipinski definition) is 2. The molecule has 0 atom stereocenters. The molecule has 0 amide bonds. The molecule has 1 aromatic carbocycles. The number of phenolic OH excluding ortho intramolecular Hbond substituents is 1. The molecule has 1 aromatic rings. The molecule has 0 saturated carbocycles. The van der Waals surface area contributed by atoms with Crippen molar-refractivity contribution in [2.45, 2.75) is 0 Å². The Bertz CT molecular complexity index is 242. The summed E-state index contributed by atoms with van der Waals surface area (Å²) in [6.45, 7) is 0. The van der Waals surface area contributed by atoms with Gasteiger partial charge in [-0.25, -0.2) is 4.79 Å². The van der Waals surface area contributed by atoms with Crippen LogP contribution in [0.4, 0.5) is 0 Å². The molecule has 3 nitrogen and oxygen atoms in total. The Labute approximate surface area is 82.8 Å². The fraction of sp³-hybridized carbons (Fsp3) is 0. The van der Waals surface area contributed by atoms with Gasteiger partial charge in [0.05, 0.1) is 5.56 Å². The number of rotatable bonds is 1. The summed E-state index contributed by atoms with van der Waals surface area (Å²) in [5.74, 6) is -0.912. The maximum Gasteiger partial charge on any atom is 0.335 e. The van der Waals surface area contributed by atoms with E-state index in [0.717, 1.165) is 0 Å². The summed E-state index contributed by atoms with van der Waals surface area (Å²) in [6, 6.07) is 5.36. The summed E-state index contributed by atoms with van der Waals surface area (Å²) in [5, 5.41) is 17.1. The summed E-state index contributed by atoms with van der Waals surface area (Å²) in [5.41, 5.74) is 0.179. The molecule has 0 bridgehead atoms. The van der Waals surface area contributed by atoms with Crippen molar-refractivity contribution < 1.29 is 41.2 Å². The van der Waals surface area contributed by atoms with Crippen LogP contribution in [0, 0.1) is 0 Å². The van der Waals surface area contributed by atoms with Gasteiger partial charge in [0.2, 0.25) is 0 Å². The van der Waals surface area contributed by atoms with Crippen LogP contribution >= 0.6 is 0 Å². The van der Waals surface area contributed by atoms with Crippen molar-refractivity contribution in [2.75, 3.05) is 0 Å². The molecule has 0 aliphatic rings. The molecule has 0 aromatic heterocycles. The Morgan fingerprint density at radius 3 is 2.00 bits per heavy atom. The molecular weight excluding hydrogens is 223 g/mol. The molecule has 0 aliphatic carbocycles. The van der Waals surface area contributed by atoms with Crippen molar-refractivity contribution in [1.29, 1.82) is 0 Å². The van der Waals surface area contributed by atoms with E-state index in [0.29, 0.717) is 0 Å². The molecule has 0 radical (unpaired) electrons.